The maximum Gasteiger partial charge on any atom is 0.122 e. The number of phenolic OH excluding ortho intramolecular Hbond substituents is 1. The van der Waals surface area contributed by atoms with Gasteiger partial charge in [-0.25, -0.2) is 0 Å². The van der Waals surface area contributed by atoms with Gasteiger partial charge in [0.05, 0.1) is 0 Å². The molecule has 1 atom stereocenters. The average Bonchev–Trinajstić information content (AvgIpc) is 2.33. The highest BCUT2D eigenvalue weighted by Crippen LogP contribution is 2.32. The van der Waals surface area contributed by atoms with Gasteiger partial charge in [0.1, 0.15) is 5.75 Å². The molecule has 2 nitrogen and oxygen atoms in total. The maximum atomic E-state index is 10.1. The number of phenols is 1. The van der Waals surface area contributed by atoms with Gasteiger partial charge in [-0.2, -0.15) is 0 Å². The van der Waals surface area contributed by atoms with Crippen LogP contribution in [0.2, 0.25) is 5.02 Å². The van der Waals surface area contributed by atoms with Gasteiger partial charge in [0.2, 0.25) is 0 Å². The quantitative estimate of drug-likeness (QED) is 0.847. The minimum absolute atomic E-state index is 0.416. The summed E-state index contributed by atoms with van der Waals surface area (Å²) in [5.74, 6) is 0.416. The topological polar surface area (TPSA) is 32.3 Å². The zero-order valence-electron chi connectivity index (χ0n) is 10.5. The summed E-state index contributed by atoms with van der Waals surface area (Å²) in [6.45, 7) is 4.97. The van der Waals surface area contributed by atoms with Crippen LogP contribution in [0, 0.1) is 13.8 Å². The number of aromatic hydroxyl groups is 1. The summed E-state index contributed by atoms with van der Waals surface area (Å²) < 4.78 is 0. The van der Waals surface area contributed by atoms with Crippen LogP contribution in [0.15, 0.2) is 6.07 Å². The van der Waals surface area contributed by atoms with E-state index in [4.69, 9.17) is 11.6 Å². The number of hydrogen-bond donors (Lipinski definition) is 2. The van der Waals surface area contributed by atoms with Gasteiger partial charge in [0, 0.05) is 16.6 Å². The van der Waals surface area contributed by atoms with E-state index in [1.54, 1.807) is 0 Å². The van der Waals surface area contributed by atoms with Crippen LogP contribution in [0.5, 0.6) is 5.75 Å². The van der Waals surface area contributed by atoms with Crippen LogP contribution >= 0.6 is 11.6 Å². The molecule has 1 aliphatic heterocycles. The Morgan fingerprint density at radius 2 is 2.18 bits per heavy atom. The molecule has 2 N–H and O–H groups in total. The molecule has 3 heteroatoms. The maximum absolute atomic E-state index is 10.1. The molecular weight excluding hydrogens is 234 g/mol. The predicted octanol–water partition coefficient (Wildman–Crippen LogP) is 3.35. The molecule has 1 aliphatic rings. The normalized spacial score (nSPS) is 20.5. The van der Waals surface area contributed by atoms with Crippen molar-refractivity contribution in [1.29, 1.82) is 0 Å². The van der Waals surface area contributed by atoms with Crippen LogP contribution in [-0.2, 0) is 6.42 Å². The molecule has 1 saturated heterocycles. The second kappa shape index (κ2) is 5.28. The van der Waals surface area contributed by atoms with Crippen LogP contribution in [-0.4, -0.2) is 17.7 Å². The summed E-state index contributed by atoms with van der Waals surface area (Å²) >= 11 is 6.18. The van der Waals surface area contributed by atoms with E-state index in [0.717, 1.165) is 34.7 Å². The molecule has 0 radical (unpaired) electrons. The van der Waals surface area contributed by atoms with E-state index in [0.29, 0.717) is 11.8 Å². The third-order valence-electron chi connectivity index (χ3n) is 3.68. The third kappa shape index (κ3) is 2.75. The fourth-order valence-corrected chi connectivity index (χ4v) is 2.80. The first kappa shape index (κ1) is 12.7. The minimum Gasteiger partial charge on any atom is -0.507 e. The molecule has 17 heavy (non-hydrogen) atoms. The molecular formula is C14H20ClNO. The van der Waals surface area contributed by atoms with Crippen molar-refractivity contribution in [2.24, 2.45) is 0 Å². The van der Waals surface area contributed by atoms with E-state index in [1.807, 2.05) is 19.9 Å². The highest BCUT2D eigenvalue weighted by Gasteiger charge is 2.18. The monoisotopic (exact) mass is 253 g/mol. The minimum atomic E-state index is 0.416. The van der Waals surface area contributed by atoms with Gasteiger partial charge in [-0.3, -0.25) is 0 Å². The van der Waals surface area contributed by atoms with E-state index in [9.17, 15) is 5.11 Å². The summed E-state index contributed by atoms with van der Waals surface area (Å²) in [5, 5.41) is 14.4. The van der Waals surface area contributed by atoms with E-state index < -0.39 is 0 Å². The fraction of sp³-hybridized carbons (Fsp3) is 0.571. The van der Waals surface area contributed by atoms with Gasteiger partial charge in [0.25, 0.3) is 0 Å². The number of benzene rings is 1. The van der Waals surface area contributed by atoms with Crippen molar-refractivity contribution in [2.45, 2.75) is 45.6 Å². The third-order valence-corrected chi connectivity index (χ3v) is 4.07. The Morgan fingerprint density at radius 1 is 1.41 bits per heavy atom. The fourth-order valence-electron chi connectivity index (χ4n) is 2.52. The van der Waals surface area contributed by atoms with Crippen molar-refractivity contribution in [3.63, 3.8) is 0 Å². The van der Waals surface area contributed by atoms with E-state index in [2.05, 4.69) is 5.32 Å². The van der Waals surface area contributed by atoms with Crippen molar-refractivity contribution in [3.8, 4) is 5.75 Å². The van der Waals surface area contributed by atoms with Gasteiger partial charge < -0.3 is 10.4 Å². The Labute approximate surface area is 108 Å². The molecule has 1 aromatic carbocycles. The summed E-state index contributed by atoms with van der Waals surface area (Å²) in [4.78, 5) is 0. The summed E-state index contributed by atoms with van der Waals surface area (Å²) in [5.41, 5.74) is 2.89. The lowest BCUT2D eigenvalue weighted by Gasteiger charge is -2.25. The van der Waals surface area contributed by atoms with Crippen LogP contribution in [0.3, 0.4) is 0 Å². The van der Waals surface area contributed by atoms with Crippen molar-refractivity contribution in [1.82, 2.24) is 5.32 Å². The number of nitrogens with one attached hydrogen (secondary N) is 1. The van der Waals surface area contributed by atoms with Gasteiger partial charge in [0.15, 0.2) is 0 Å². The lowest BCUT2D eigenvalue weighted by Crippen LogP contribution is -2.35. The van der Waals surface area contributed by atoms with Gasteiger partial charge in [-0.15, -0.1) is 0 Å². The zero-order chi connectivity index (χ0) is 12.4. The molecule has 0 aliphatic carbocycles. The standard InChI is InChI=1S/C14H20ClNO/c1-9-7-13(15)10(2)12(14(9)17)8-11-5-3-4-6-16-11/h7,11,16-17H,3-6,8H2,1-2H3. The average molecular weight is 254 g/mol. The first-order valence-electron chi connectivity index (χ1n) is 6.30. The molecule has 0 saturated carbocycles. The van der Waals surface area contributed by atoms with E-state index >= 15 is 0 Å². The lowest BCUT2D eigenvalue weighted by molar-refractivity contribution is 0.390. The summed E-state index contributed by atoms with van der Waals surface area (Å²) in [6, 6.07) is 2.32. The van der Waals surface area contributed by atoms with Crippen molar-refractivity contribution in [3.05, 3.63) is 27.8 Å². The number of piperidine rings is 1. The van der Waals surface area contributed by atoms with Gasteiger partial charge in [-0.05, 0) is 56.8 Å². The lowest BCUT2D eigenvalue weighted by atomic mass is 9.93. The molecule has 0 aromatic heterocycles. The molecule has 0 bridgehead atoms. The van der Waals surface area contributed by atoms with Crippen molar-refractivity contribution >= 4 is 11.6 Å². The van der Waals surface area contributed by atoms with Crippen molar-refractivity contribution in [2.75, 3.05) is 6.54 Å². The SMILES string of the molecule is Cc1cc(Cl)c(C)c(CC2CCCCN2)c1O. The Hall–Kier alpha value is -0.730. The second-order valence-electron chi connectivity index (χ2n) is 4.98. The number of halogens is 1. The van der Waals surface area contributed by atoms with E-state index in [1.165, 1.54) is 19.3 Å². The summed E-state index contributed by atoms with van der Waals surface area (Å²) in [6.07, 6.45) is 4.59. The molecule has 94 valence electrons. The molecule has 1 aromatic rings. The second-order valence-corrected chi connectivity index (χ2v) is 5.39. The van der Waals surface area contributed by atoms with Gasteiger partial charge >= 0.3 is 0 Å². The van der Waals surface area contributed by atoms with Crippen molar-refractivity contribution < 1.29 is 5.11 Å². The first-order chi connectivity index (χ1) is 8.09. The Balaban J connectivity index is 2.24. The highest BCUT2D eigenvalue weighted by atomic mass is 35.5. The molecule has 2 rings (SSSR count). The Bertz CT molecular complexity index is 385. The number of aryl methyl sites for hydroxylation is 1. The molecule has 1 unspecified atom stereocenters. The van der Waals surface area contributed by atoms with E-state index in [-0.39, 0.29) is 0 Å². The van der Waals surface area contributed by atoms with Crippen LogP contribution in [0.4, 0.5) is 0 Å². The molecule has 0 spiro atoms. The Morgan fingerprint density at radius 3 is 2.82 bits per heavy atom. The highest BCUT2D eigenvalue weighted by molar-refractivity contribution is 6.31. The van der Waals surface area contributed by atoms with Crippen LogP contribution in [0.25, 0.3) is 0 Å². The predicted molar refractivity (Wildman–Crippen MR) is 71.9 cm³/mol. The van der Waals surface area contributed by atoms with Crippen LogP contribution in [0.1, 0.15) is 36.0 Å². The van der Waals surface area contributed by atoms with Crippen LogP contribution < -0.4 is 5.32 Å². The molecule has 0 amide bonds. The largest absolute Gasteiger partial charge is 0.507 e. The Kier molecular flexibility index (Phi) is 3.95. The first-order valence-corrected chi connectivity index (χ1v) is 6.68. The smallest absolute Gasteiger partial charge is 0.122 e. The summed E-state index contributed by atoms with van der Waals surface area (Å²) in [7, 11) is 0. The number of rotatable bonds is 2. The zero-order valence-corrected chi connectivity index (χ0v) is 11.3. The number of hydrogen-bond acceptors (Lipinski definition) is 2. The molecule has 1 fully saturated rings. The van der Waals surface area contributed by atoms with Gasteiger partial charge in [-0.1, -0.05) is 18.0 Å². The molecule has 1 heterocycles.